The van der Waals surface area contributed by atoms with Gasteiger partial charge in [0.05, 0.1) is 24.1 Å². The van der Waals surface area contributed by atoms with Crippen molar-refractivity contribution in [2.75, 3.05) is 43.8 Å². The summed E-state index contributed by atoms with van der Waals surface area (Å²) >= 11 is 0. The van der Waals surface area contributed by atoms with Gasteiger partial charge in [0, 0.05) is 20.1 Å². The van der Waals surface area contributed by atoms with Crippen molar-refractivity contribution in [1.82, 2.24) is 10.2 Å². The Kier molecular flexibility index (Phi) is 7.00. The van der Waals surface area contributed by atoms with Crippen LogP contribution in [-0.4, -0.2) is 70.6 Å². The zero-order valence-corrected chi connectivity index (χ0v) is 17.0. The second-order valence-electron chi connectivity index (χ2n) is 6.60. The number of anilines is 1. The number of nitrogens with zero attached hydrogens (tertiary/aromatic N) is 2. The van der Waals surface area contributed by atoms with E-state index in [0.29, 0.717) is 25.2 Å². The third-order valence-corrected chi connectivity index (χ3v) is 5.45. The van der Waals surface area contributed by atoms with Gasteiger partial charge in [0.1, 0.15) is 0 Å². The van der Waals surface area contributed by atoms with E-state index in [1.165, 1.54) is 22.3 Å². The number of sulfonamides is 1. The molecule has 0 atom stereocenters. The highest BCUT2D eigenvalue weighted by Gasteiger charge is 2.27. The molecule has 154 valence electrons. The van der Waals surface area contributed by atoms with E-state index in [0.717, 1.165) is 18.2 Å². The maximum absolute atomic E-state index is 12.2. The Bertz CT molecular complexity index is 868. The first kappa shape index (κ1) is 21.7. The second-order valence-corrected chi connectivity index (χ2v) is 8.51. The standard InChI is InChI=1S/C18H25N3O6S/c1-4-8-19-16(22)11-20(2)17(23)12-27-18(24)14-5-6-15-13(10-14)7-9-21(15)28(3,25)26/h5-6,10H,4,7-9,11-12H2,1-3H3,(H,19,22). The Morgan fingerprint density at radius 3 is 2.64 bits per heavy atom. The smallest absolute Gasteiger partial charge is 0.338 e. The number of hydrogen-bond donors (Lipinski definition) is 1. The fraction of sp³-hybridized carbons (Fsp3) is 0.500. The minimum atomic E-state index is -3.36. The summed E-state index contributed by atoms with van der Waals surface area (Å²) in [4.78, 5) is 37.0. The summed E-state index contributed by atoms with van der Waals surface area (Å²) in [6.45, 7) is 2.19. The molecule has 1 heterocycles. The minimum Gasteiger partial charge on any atom is -0.452 e. The Hall–Kier alpha value is -2.62. The normalized spacial score (nSPS) is 13.0. The number of carbonyl (C=O) groups is 3. The number of esters is 1. The van der Waals surface area contributed by atoms with E-state index in [9.17, 15) is 22.8 Å². The van der Waals surface area contributed by atoms with Gasteiger partial charge in [-0.3, -0.25) is 13.9 Å². The van der Waals surface area contributed by atoms with Crippen LogP contribution in [-0.2, 0) is 30.8 Å². The van der Waals surface area contributed by atoms with Crippen LogP contribution in [0.1, 0.15) is 29.3 Å². The number of amides is 2. The van der Waals surface area contributed by atoms with Gasteiger partial charge in [0.2, 0.25) is 15.9 Å². The lowest BCUT2D eigenvalue weighted by Crippen LogP contribution is -2.40. The molecule has 0 spiro atoms. The third kappa shape index (κ3) is 5.44. The molecule has 2 rings (SSSR count). The van der Waals surface area contributed by atoms with Crippen molar-refractivity contribution in [3.63, 3.8) is 0 Å². The average Bonchev–Trinajstić information content (AvgIpc) is 3.07. The monoisotopic (exact) mass is 411 g/mol. The van der Waals surface area contributed by atoms with Gasteiger partial charge in [0.25, 0.3) is 5.91 Å². The van der Waals surface area contributed by atoms with Crippen LogP contribution in [0.4, 0.5) is 5.69 Å². The molecule has 1 N–H and O–H groups in total. The Balaban J connectivity index is 1.92. The number of carbonyl (C=O) groups excluding carboxylic acids is 3. The van der Waals surface area contributed by atoms with Crippen LogP contribution in [0.5, 0.6) is 0 Å². The Morgan fingerprint density at radius 2 is 2.00 bits per heavy atom. The number of fused-ring (bicyclic) bond motifs is 1. The molecule has 9 nitrogen and oxygen atoms in total. The maximum atomic E-state index is 12.2. The van der Waals surface area contributed by atoms with Gasteiger partial charge in [0.15, 0.2) is 6.61 Å². The van der Waals surface area contributed by atoms with Crippen LogP contribution in [0.25, 0.3) is 0 Å². The summed E-state index contributed by atoms with van der Waals surface area (Å²) < 4.78 is 29.8. The molecule has 0 saturated carbocycles. The molecule has 1 aliphatic rings. The van der Waals surface area contributed by atoms with E-state index in [4.69, 9.17) is 4.74 Å². The molecule has 0 aliphatic carbocycles. The molecule has 0 bridgehead atoms. The summed E-state index contributed by atoms with van der Waals surface area (Å²) in [7, 11) is -1.91. The molecule has 10 heteroatoms. The zero-order chi connectivity index (χ0) is 20.9. The topological polar surface area (TPSA) is 113 Å². The summed E-state index contributed by atoms with van der Waals surface area (Å²) in [5.41, 5.74) is 1.52. The zero-order valence-electron chi connectivity index (χ0n) is 16.2. The predicted octanol–water partition coefficient (Wildman–Crippen LogP) is 0.150. The SMILES string of the molecule is CCCNC(=O)CN(C)C(=O)COC(=O)c1ccc2c(c1)CCN2S(C)(=O)=O. The molecule has 1 aromatic rings. The van der Waals surface area contributed by atoms with Crippen molar-refractivity contribution < 1.29 is 27.5 Å². The van der Waals surface area contributed by atoms with Crippen molar-refractivity contribution in [3.8, 4) is 0 Å². The second kappa shape index (κ2) is 9.05. The van der Waals surface area contributed by atoms with Crippen LogP contribution in [0.15, 0.2) is 18.2 Å². The molecule has 0 saturated heterocycles. The quantitative estimate of drug-likeness (QED) is 0.609. The van der Waals surface area contributed by atoms with Gasteiger partial charge in [-0.25, -0.2) is 13.2 Å². The van der Waals surface area contributed by atoms with Crippen molar-refractivity contribution in [3.05, 3.63) is 29.3 Å². The van der Waals surface area contributed by atoms with E-state index in [2.05, 4.69) is 5.32 Å². The lowest BCUT2D eigenvalue weighted by molar-refractivity contribution is -0.137. The Morgan fingerprint density at radius 1 is 1.29 bits per heavy atom. The van der Waals surface area contributed by atoms with Crippen LogP contribution < -0.4 is 9.62 Å². The summed E-state index contributed by atoms with van der Waals surface area (Å²) in [5.74, 6) is -1.46. The number of ether oxygens (including phenoxy) is 1. The molecular weight excluding hydrogens is 386 g/mol. The average molecular weight is 411 g/mol. The van der Waals surface area contributed by atoms with E-state index >= 15 is 0 Å². The molecular formula is C18H25N3O6S. The molecule has 1 aliphatic heterocycles. The van der Waals surface area contributed by atoms with Gasteiger partial charge in [-0.15, -0.1) is 0 Å². The number of nitrogens with one attached hydrogen (secondary N) is 1. The number of benzene rings is 1. The van der Waals surface area contributed by atoms with Crippen LogP contribution >= 0.6 is 0 Å². The van der Waals surface area contributed by atoms with Crippen molar-refractivity contribution in [1.29, 1.82) is 0 Å². The van der Waals surface area contributed by atoms with E-state index < -0.39 is 28.5 Å². The van der Waals surface area contributed by atoms with E-state index in [1.807, 2.05) is 6.92 Å². The highest BCUT2D eigenvalue weighted by atomic mass is 32.2. The van der Waals surface area contributed by atoms with Crippen molar-refractivity contribution in [2.45, 2.75) is 19.8 Å². The van der Waals surface area contributed by atoms with Gasteiger partial charge in [-0.05, 0) is 36.6 Å². The maximum Gasteiger partial charge on any atom is 0.338 e. The third-order valence-electron chi connectivity index (χ3n) is 4.27. The highest BCUT2D eigenvalue weighted by Crippen LogP contribution is 2.30. The first-order chi connectivity index (χ1) is 13.1. The molecule has 0 aromatic heterocycles. The lowest BCUT2D eigenvalue weighted by Gasteiger charge is -2.17. The molecule has 0 fully saturated rings. The predicted molar refractivity (Wildman–Crippen MR) is 104 cm³/mol. The Labute approximate surface area is 164 Å². The molecule has 0 radical (unpaired) electrons. The summed E-state index contributed by atoms with van der Waals surface area (Å²) in [6, 6.07) is 4.61. The summed E-state index contributed by atoms with van der Waals surface area (Å²) in [5, 5.41) is 2.66. The highest BCUT2D eigenvalue weighted by molar-refractivity contribution is 7.92. The largest absolute Gasteiger partial charge is 0.452 e. The van der Waals surface area contributed by atoms with Crippen molar-refractivity contribution in [2.24, 2.45) is 0 Å². The van der Waals surface area contributed by atoms with Crippen LogP contribution in [0.3, 0.4) is 0 Å². The number of hydrogen-bond acceptors (Lipinski definition) is 6. The molecule has 2 amide bonds. The lowest BCUT2D eigenvalue weighted by atomic mass is 10.1. The van der Waals surface area contributed by atoms with Gasteiger partial charge in [-0.1, -0.05) is 6.92 Å². The molecule has 1 aromatic carbocycles. The fourth-order valence-corrected chi connectivity index (χ4v) is 3.75. The van der Waals surface area contributed by atoms with E-state index in [1.54, 1.807) is 12.1 Å². The van der Waals surface area contributed by atoms with Gasteiger partial charge >= 0.3 is 5.97 Å². The van der Waals surface area contributed by atoms with Gasteiger partial charge < -0.3 is 15.0 Å². The molecule has 0 unspecified atom stereocenters. The summed E-state index contributed by atoms with van der Waals surface area (Å²) in [6.07, 6.45) is 2.43. The number of likely N-dealkylation sites (N-methyl/N-ethyl adjacent to an activating group) is 1. The number of rotatable bonds is 8. The first-order valence-electron chi connectivity index (χ1n) is 8.92. The van der Waals surface area contributed by atoms with Crippen molar-refractivity contribution >= 4 is 33.5 Å². The fourth-order valence-electron chi connectivity index (χ4n) is 2.79. The first-order valence-corrected chi connectivity index (χ1v) is 10.8. The molecule has 28 heavy (non-hydrogen) atoms. The van der Waals surface area contributed by atoms with Crippen LogP contribution in [0, 0.1) is 0 Å². The minimum absolute atomic E-state index is 0.115. The van der Waals surface area contributed by atoms with E-state index in [-0.39, 0.29) is 18.0 Å². The van der Waals surface area contributed by atoms with Crippen LogP contribution in [0.2, 0.25) is 0 Å². The van der Waals surface area contributed by atoms with Gasteiger partial charge in [-0.2, -0.15) is 0 Å².